The Morgan fingerprint density at radius 2 is 2.36 bits per heavy atom. The van der Waals surface area contributed by atoms with Gasteiger partial charge < -0.3 is 15.0 Å². The third-order valence-corrected chi connectivity index (χ3v) is 4.36. The summed E-state index contributed by atoms with van der Waals surface area (Å²) in [5.74, 6) is 0.350. The molecule has 0 aliphatic carbocycles. The number of ether oxygens (including phenoxy) is 1. The molecule has 0 radical (unpaired) electrons. The zero-order chi connectivity index (χ0) is 16.2. The molecule has 1 aliphatic heterocycles. The summed E-state index contributed by atoms with van der Waals surface area (Å²) in [6.45, 7) is 8.42. The van der Waals surface area contributed by atoms with Crippen LogP contribution in [0.3, 0.4) is 0 Å². The van der Waals surface area contributed by atoms with Gasteiger partial charge in [-0.2, -0.15) is 5.10 Å². The van der Waals surface area contributed by atoms with Gasteiger partial charge in [-0.15, -0.1) is 0 Å². The summed E-state index contributed by atoms with van der Waals surface area (Å²) in [5, 5.41) is 10.0. The molecule has 1 fully saturated rings. The van der Waals surface area contributed by atoms with Gasteiger partial charge in [-0.1, -0.05) is 20.8 Å². The average molecular weight is 308 g/mol. The van der Waals surface area contributed by atoms with Gasteiger partial charge in [0.25, 0.3) is 0 Å². The van der Waals surface area contributed by atoms with Crippen molar-refractivity contribution in [1.29, 1.82) is 0 Å². The first-order chi connectivity index (χ1) is 10.4. The molecule has 22 heavy (non-hydrogen) atoms. The van der Waals surface area contributed by atoms with Crippen LogP contribution in [0.2, 0.25) is 0 Å². The highest BCUT2D eigenvalue weighted by atomic mass is 16.5. The molecule has 0 spiro atoms. The van der Waals surface area contributed by atoms with E-state index in [-0.39, 0.29) is 17.6 Å². The maximum Gasteiger partial charge on any atom is 0.317 e. The Bertz CT molecular complexity index is 467. The second kappa shape index (κ2) is 7.13. The Balaban J connectivity index is 1.87. The fraction of sp³-hybridized carbons (Fsp3) is 0.750. The van der Waals surface area contributed by atoms with Gasteiger partial charge in [0, 0.05) is 44.6 Å². The van der Waals surface area contributed by atoms with Crippen LogP contribution in [0.1, 0.15) is 45.2 Å². The first kappa shape index (κ1) is 16.8. The first-order valence-corrected chi connectivity index (χ1v) is 7.96. The van der Waals surface area contributed by atoms with Crippen LogP contribution >= 0.6 is 0 Å². The minimum atomic E-state index is -0.00415. The number of likely N-dealkylation sites (tertiary alicyclic amines) is 1. The Morgan fingerprint density at radius 1 is 1.59 bits per heavy atom. The minimum absolute atomic E-state index is 0.00236. The SMILES string of the molecule is CO[C@H](CNC(=O)N1CCC[C@H](c2ccn[nH]2)C1)C(C)(C)C. The van der Waals surface area contributed by atoms with Crippen molar-refractivity contribution >= 4 is 6.03 Å². The zero-order valence-corrected chi connectivity index (χ0v) is 14.1. The predicted octanol–water partition coefficient (Wildman–Crippen LogP) is 2.36. The molecule has 2 N–H and O–H groups in total. The van der Waals surface area contributed by atoms with Crippen LogP contribution in [0.4, 0.5) is 4.79 Å². The number of hydrogen-bond donors (Lipinski definition) is 2. The number of amides is 2. The molecule has 0 bridgehead atoms. The zero-order valence-electron chi connectivity index (χ0n) is 14.1. The number of hydrogen-bond acceptors (Lipinski definition) is 3. The first-order valence-electron chi connectivity index (χ1n) is 7.96. The van der Waals surface area contributed by atoms with Gasteiger partial charge in [0.1, 0.15) is 0 Å². The molecular formula is C16H28N4O2. The van der Waals surface area contributed by atoms with Crippen molar-refractivity contribution in [3.05, 3.63) is 18.0 Å². The quantitative estimate of drug-likeness (QED) is 0.897. The Kier molecular flexibility index (Phi) is 5.45. The lowest BCUT2D eigenvalue weighted by atomic mass is 9.89. The van der Waals surface area contributed by atoms with Crippen molar-refractivity contribution in [3.63, 3.8) is 0 Å². The summed E-state index contributed by atoms with van der Waals surface area (Å²) in [4.78, 5) is 14.3. The molecule has 1 aromatic rings. The van der Waals surface area contributed by atoms with E-state index in [1.165, 1.54) is 0 Å². The van der Waals surface area contributed by atoms with E-state index in [0.29, 0.717) is 12.5 Å². The summed E-state index contributed by atoms with van der Waals surface area (Å²) in [6, 6.07) is 1.99. The van der Waals surface area contributed by atoms with E-state index in [1.54, 1.807) is 13.3 Å². The minimum Gasteiger partial charge on any atom is -0.379 e. The van der Waals surface area contributed by atoms with Gasteiger partial charge >= 0.3 is 6.03 Å². The standard InChI is InChI=1S/C16H28N4O2/c1-16(2,3)14(22-4)10-17-15(21)20-9-5-6-12(11-20)13-7-8-18-19-13/h7-8,12,14H,5-6,9-11H2,1-4H3,(H,17,21)(H,18,19)/t12-,14+/m0/s1. The molecule has 1 aliphatic rings. The van der Waals surface area contributed by atoms with Gasteiger partial charge in [-0.05, 0) is 24.3 Å². The van der Waals surface area contributed by atoms with Crippen LogP contribution < -0.4 is 5.32 Å². The highest BCUT2D eigenvalue weighted by Crippen LogP contribution is 2.25. The van der Waals surface area contributed by atoms with Crippen molar-refractivity contribution in [2.75, 3.05) is 26.7 Å². The molecule has 0 saturated carbocycles. The van der Waals surface area contributed by atoms with Crippen molar-refractivity contribution in [1.82, 2.24) is 20.4 Å². The topological polar surface area (TPSA) is 70.2 Å². The summed E-state index contributed by atoms with van der Waals surface area (Å²) >= 11 is 0. The molecule has 124 valence electrons. The van der Waals surface area contributed by atoms with Crippen LogP contribution in [0.15, 0.2) is 12.3 Å². The summed E-state index contributed by atoms with van der Waals surface area (Å²) in [5.41, 5.74) is 1.12. The van der Waals surface area contributed by atoms with E-state index in [4.69, 9.17) is 4.74 Å². The maximum atomic E-state index is 12.4. The number of rotatable bonds is 4. The lowest BCUT2D eigenvalue weighted by Gasteiger charge is -2.34. The molecule has 2 heterocycles. The molecule has 6 heteroatoms. The molecule has 0 unspecified atom stereocenters. The Hall–Kier alpha value is -1.56. The molecule has 1 aromatic heterocycles. The van der Waals surface area contributed by atoms with Crippen LogP contribution in [0, 0.1) is 5.41 Å². The summed E-state index contributed by atoms with van der Waals surface area (Å²) < 4.78 is 5.49. The third kappa shape index (κ3) is 4.22. The smallest absolute Gasteiger partial charge is 0.317 e. The molecule has 6 nitrogen and oxygen atoms in total. The van der Waals surface area contributed by atoms with Crippen LogP contribution in [-0.4, -0.2) is 54.0 Å². The van der Waals surface area contributed by atoms with Gasteiger partial charge in [-0.25, -0.2) is 4.79 Å². The largest absolute Gasteiger partial charge is 0.379 e. The van der Waals surface area contributed by atoms with Gasteiger partial charge in [-0.3, -0.25) is 5.10 Å². The lowest BCUT2D eigenvalue weighted by molar-refractivity contribution is 0.0183. The predicted molar refractivity (Wildman–Crippen MR) is 85.8 cm³/mol. The van der Waals surface area contributed by atoms with E-state index in [0.717, 1.165) is 31.6 Å². The van der Waals surface area contributed by atoms with Crippen LogP contribution in [-0.2, 0) is 4.74 Å². The molecular weight excluding hydrogens is 280 g/mol. The van der Waals surface area contributed by atoms with E-state index in [2.05, 4.69) is 36.3 Å². The third-order valence-electron chi connectivity index (χ3n) is 4.36. The fourth-order valence-electron chi connectivity index (χ4n) is 2.94. The monoisotopic (exact) mass is 308 g/mol. The fourth-order valence-corrected chi connectivity index (χ4v) is 2.94. The molecule has 2 rings (SSSR count). The molecule has 2 amide bonds. The maximum absolute atomic E-state index is 12.4. The Labute approximate surface area is 132 Å². The van der Waals surface area contributed by atoms with Crippen molar-refractivity contribution < 1.29 is 9.53 Å². The van der Waals surface area contributed by atoms with Crippen molar-refractivity contribution in [2.45, 2.75) is 45.6 Å². The number of aromatic nitrogens is 2. The van der Waals surface area contributed by atoms with Gasteiger partial charge in [0.05, 0.1) is 6.10 Å². The number of aromatic amines is 1. The number of carbonyl (C=O) groups is 1. The molecule has 2 atom stereocenters. The Morgan fingerprint density at radius 3 is 2.95 bits per heavy atom. The number of urea groups is 1. The molecule has 1 saturated heterocycles. The van der Waals surface area contributed by atoms with Gasteiger partial charge in [0.15, 0.2) is 0 Å². The number of nitrogens with zero attached hydrogens (tertiary/aromatic N) is 2. The number of piperidine rings is 1. The summed E-state index contributed by atoms with van der Waals surface area (Å²) in [7, 11) is 1.69. The second-order valence-corrected chi connectivity index (χ2v) is 7.07. The highest BCUT2D eigenvalue weighted by molar-refractivity contribution is 5.74. The summed E-state index contributed by atoms with van der Waals surface area (Å²) in [6.07, 6.45) is 3.88. The van der Waals surface area contributed by atoms with Crippen LogP contribution in [0.25, 0.3) is 0 Å². The van der Waals surface area contributed by atoms with Crippen molar-refractivity contribution in [2.24, 2.45) is 5.41 Å². The van der Waals surface area contributed by atoms with Crippen LogP contribution in [0.5, 0.6) is 0 Å². The number of nitrogens with one attached hydrogen (secondary N) is 2. The average Bonchev–Trinajstić information content (AvgIpc) is 3.00. The number of H-pyrrole nitrogens is 1. The van der Waals surface area contributed by atoms with Gasteiger partial charge in [0.2, 0.25) is 0 Å². The highest BCUT2D eigenvalue weighted by Gasteiger charge is 2.28. The van der Waals surface area contributed by atoms with E-state index in [9.17, 15) is 4.79 Å². The lowest BCUT2D eigenvalue weighted by Crippen LogP contribution is -2.48. The van der Waals surface area contributed by atoms with E-state index >= 15 is 0 Å². The van der Waals surface area contributed by atoms with Crippen molar-refractivity contribution in [3.8, 4) is 0 Å². The number of methoxy groups -OCH3 is 1. The normalized spacial score (nSPS) is 20.7. The molecule has 0 aromatic carbocycles. The van der Waals surface area contributed by atoms with E-state index in [1.807, 2.05) is 11.0 Å². The second-order valence-electron chi connectivity index (χ2n) is 7.07. The van der Waals surface area contributed by atoms with E-state index < -0.39 is 0 Å². The number of carbonyl (C=O) groups excluding carboxylic acids is 1.